The van der Waals surface area contributed by atoms with Crippen LogP contribution in [0.1, 0.15) is 23.0 Å². The number of aliphatic hydroxyl groups is 1. The van der Waals surface area contributed by atoms with E-state index >= 15 is 0 Å². The van der Waals surface area contributed by atoms with E-state index in [-0.39, 0.29) is 42.3 Å². The number of anilines is 1. The summed E-state index contributed by atoms with van der Waals surface area (Å²) in [6, 6.07) is 7.95. The van der Waals surface area contributed by atoms with E-state index < -0.39 is 11.6 Å². The smallest absolute Gasteiger partial charge is 0.183 e. The fraction of sp³-hybridized carbons (Fsp3) is 0.333. The summed E-state index contributed by atoms with van der Waals surface area (Å²) in [6.07, 6.45) is 1.08. The molecule has 0 spiro atoms. The number of aromatic nitrogens is 4. The molecule has 8 nitrogen and oxygen atoms in total. The van der Waals surface area contributed by atoms with Crippen LogP contribution in [-0.4, -0.2) is 62.9 Å². The molecular weight excluding hydrogens is 406 g/mol. The van der Waals surface area contributed by atoms with E-state index in [1.807, 2.05) is 0 Å². The van der Waals surface area contributed by atoms with Gasteiger partial charge in [0.25, 0.3) is 0 Å². The number of nitrogens with zero attached hydrogens (tertiary/aromatic N) is 5. The number of carbonyl (C=O) groups excluding carboxylic acids is 1. The van der Waals surface area contributed by atoms with Crippen molar-refractivity contribution >= 4 is 11.6 Å². The topological polar surface area (TPSA) is 96.2 Å². The van der Waals surface area contributed by atoms with Gasteiger partial charge in [0.2, 0.25) is 0 Å². The largest absolute Gasteiger partial charge is 0.395 e. The molecule has 31 heavy (non-hydrogen) atoms. The van der Waals surface area contributed by atoms with Gasteiger partial charge >= 0.3 is 0 Å². The van der Waals surface area contributed by atoms with Crippen LogP contribution < -0.4 is 10.2 Å². The molecule has 1 aliphatic heterocycles. The predicted octanol–water partition coefficient (Wildman–Crippen LogP) is 1.64. The Morgan fingerprint density at radius 2 is 2.03 bits per heavy atom. The summed E-state index contributed by atoms with van der Waals surface area (Å²) < 4.78 is 29.8. The lowest BCUT2D eigenvalue weighted by atomic mass is 10.1. The number of Topliss-reactive ketones (excluding diaryl/α,β-unsaturated/α-hetero) is 1. The number of aliphatic hydroxyl groups excluding tert-OH is 1. The summed E-state index contributed by atoms with van der Waals surface area (Å²) in [6.45, 7) is 3.08. The summed E-state index contributed by atoms with van der Waals surface area (Å²) in [4.78, 5) is 22.2. The van der Waals surface area contributed by atoms with Crippen molar-refractivity contribution in [2.24, 2.45) is 0 Å². The number of halogens is 2. The molecule has 0 unspecified atom stereocenters. The van der Waals surface area contributed by atoms with E-state index in [1.165, 1.54) is 23.7 Å². The number of nitrogens with one attached hydrogen (secondary N) is 1. The third-order valence-electron chi connectivity index (χ3n) is 5.10. The summed E-state index contributed by atoms with van der Waals surface area (Å²) in [7, 11) is 0. The lowest BCUT2D eigenvalue weighted by Gasteiger charge is -2.40. The quantitative estimate of drug-likeness (QED) is 0.527. The van der Waals surface area contributed by atoms with E-state index in [0.29, 0.717) is 30.9 Å². The van der Waals surface area contributed by atoms with E-state index in [9.17, 15) is 13.6 Å². The molecule has 0 aliphatic carbocycles. The van der Waals surface area contributed by atoms with Gasteiger partial charge < -0.3 is 15.3 Å². The molecule has 0 bridgehead atoms. The Kier molecular flexibility index (Phi) is 6.01. The van der Waals surface area contributed by atoms with E-state index in [1.54, 1.807) is 23.1 Å². The molecule has 10 heteroatoms. The summed E-state index contributed by atoms with van der Waals surface area (Å²) in [5.41, 5.74) is 0.977. The lowest BCUT2D eigenvalue weighted by molar-refractivity contribution is 0.100. The molecule has 0 atom stereocenters. The number of rotatable bonds is 8. The summed E-state index contributed by atoms with van der Waals surface area (Å²) in [5.74, 6) is -0.852. The highest BCUT2D eigenvalue weighted by Crippen LogP contribution is 2.25. The molecule has 2 N–H and O–H groups in total. The third kappa shape index (κ3) is 4.44. The highest BCUT2D eigenvalue weighted by atomic mass is 19.1. The van der Waals surface area contributed by atoms with Crippen LogP contribution in [0.5, 0.6) is 0 Å². The highest BCUT2D eigenvalue weighted by Gasteiger charge is 2.30. The van der Waals surface area contributed by atoms with Crippen LogP contribution in [0.3, 0.4) is 0 Å². The maximum absolute atomic E-state index is 14.3. The molecule has 162 valence electrons. The number of carbonyl (C=O) groups is 1. The predicted molar refractivity (Wildman–Crippen MR) is 110 cm³/mol. The van der Waals surface area contributed by atoms with Crippen molar-refractivity contribution in [3.8, 4) is 11.5 Å². The van der Waals surface area contributed by atoms with Crippen LogP contribution >= 0.6 is 0 Å². The minimum atomic E-state index is -0.554. The van der Waals surface area contributed by atoms with Crippen LogP contribution in [0.4, 0.5) is 14.6 Å². The molecule has 1 saturated heterocycles. The van der Waals surface area contributed by atoms with Crippen molar-refractivity contribution in [2.75, 3.05) is 31.1 Å². The fourth-order valence-electron chi connectivity index (χ4n) is 3.47. The number of hydrogen-bond donors (Lipinski definition) is 2. The van der Waals surface area contributed by atoms with Crippen molar-refractivity contribution < 1.29 is 18.7 Å². The third-order valence-corrected chi connectivity index (χ3v) is 5.10. The second-order valence-corrected chi connectivity index (χ2v) is 7.36. The minimum absolute atomic E-state index is 0.0382. The van der Waals surface area contributed by atoms with Crippen molar-refractivity contribution in [2.45, 2.75) is 19.5 Å². The first kappa shape index (κ1) is 21.0. The SMILES string of the molecule is CC(=O)c1cc(-c2ncc(F)c(N3CC(NCCO)C3)n2)nn1Cc1ccccc1F. The molecular formula is C21H22F2N6O2. The van der Waals surface area contributed by atoms with Gasteiger partial charge in [-0.15, -0.1) is 0 Å². The average molecular weight is 428 g/mol. The Labute approximate surface area is 177 Å². The molecule has 0 amide bonds. The maximum atomic E-state index is 14.3. The van der Waals surface area contributed by atoms with Gasteiger partial charge in [-0.3, -0.25) is 9.48 Å². The summed E-state index contributed by atoms with van der Waals surface area (Å²) >= 11 is 0. The van der Waals surface area contributed by atoms with E-state index in [0.717, 1.165) is 6.20 Å². The Hall–Kier alpha value is -3.24. The zero-order chi connectivity index (χ0) is 22.0. The van der Waals surface area contributed by atoms with Crippen molar-refractivity contribution in [1.82, 2.24) is 25.1 Å². The second-order valence-electron chi connectivity index (χ2n) is 7.36. The van der Waals surface area contributed by atoms with Gasteiger partial charge in [-0.1, -0.05) is 18.2 Å². The molecule has 3 aromatic rings. The first-order valence-electron chi connectivity index (χ1n) is 9.90. The number of benzene rings is 1. The van der Waals surface area contributed by atoms with Crippen LogP contribution in [0.15, 0.2) is 36.5 Å². The molecule has 0 radical (unpaired) electrons. The van der Waals surface area contributed by atoms with E-state index in [4.69, 9.17) is 5.11 Å². The summed E-state index contributed by atoms with van der Waals surface area (Å²) in [5, 5.41) is 16.4. The molecule has 1 aliphatic rings. The van der Waals surface area contributed by atoms with Gasteiger partial charge in [-0.2, -0.15) is 5.10 Å². The number of ketones is 1. The first-order chi connectivity index (χ1) is 15.0. The molecule has 2 aromatic heterocycles. The lowest BCUT2D eigenvalue weighted by Crippen LogP contribution is -2.59. The van der Waals surface area contributed by atoms with Gasteiger partial charge in [0, 0.05) is 38.2 Å². The molecule has 1 aromatic carbocycles. The van der Waals surface area contributed by atoms with Crippen molar-refractivity contribution in [3.63, 3.8) is 0 Å². The minimum Gasteiger partial charge on any atom is -0.395 e. The van der Waals surface area contributed by atoms with Crippen LogP contribution in [0, 0.1) is 11.6 Å². The first-order valence-corrected chi connectivity index (χ1v) is 9.90. The zero-order valence-electron chi connectivity index (χ0n) is 16.9. The van der Waals surface area contributed by atoms with Gasteiger partial charge in [-0.25, -0.2) is 18.7 Å². The second kappa shape index (κ2) is 8.86. The standard InChI is InChI=1S/C21H22F2N6O2/c1-13(31)19-8-18(27-29(19)10-14-4-2-3-5-16(14)22)20-25-9-17(23)21(26-20)28-11-15(12-28)24-6-7-30/h2-5,8-9,15,24,30H,6-7,10-12H2,1H3. The Morgan fingerprint density at radius 3 is 2.74 bits per heavy atom. The average Bonchev–Trinajstić information content (AvgIpc) is 3.14. The maximum Gasteiger partial charge on any atom is 0.183 e. The molecule has 0 saturated carbocycles. The Balaban J connectivity index is 1.60. The Bertz CT molecular complexity index is 1100. The zero-order valence-corrected chi connectivity index (χ0v) is 16.9. The number of hydrogen-bond acceptors (Lipinski definition) is 7. The van der Waals surface area contributed by atoms with Crippen LogP contribution in [0.2, 0.25) is 0 Å². The van der Waals surface area contributed by atoms with Gasteiger partial charge in [0.05, 0.1) is 19.3 Å². The van der Waals surface area contributed by atoms with E-state index in [2.05, 4.69) is 20.4 Å². The van der Waals surface area contributed by atoms with Gasteiger partial charge in [0.1, 0.15) is 17.2 Å². The normalized spacial score (nSPS) is 14.0. The molecule has 1 fully saturated rings. The fourth-order valence-corrected chi connectivity index (χ4v) is 3.47. The van der Waals surface area contributed by atoms with Crippen LogP contribution in [-0.2, 0) is 6.54 Å². The monoisotopic (exact) mass is 428 g/mol. The molecule has 4 rings (SSSR count). The molecule has 3 heterocycles. The van der Waals surface area contributed by atoms with Crippen molar-refractivity contribution in [1.29, 1.82) is 0 Å². The van der Waals surface area contributed by atoms with Gasteiger partial charge in [-0.05, 0) is 12.1 Å². The highest BCUT2D eigenvalue weighted by molar-refractivity contribution is 5.93. The van der Waals surface area contributed by atoms with Crippen LogP contribution in [0.25, 0.3) is 11.5 Å². The Morgan fingerprint density at radius 1 is 1.26 bits per heavy atom. The van der Waals surface area contributed by atoms with Crippen molar-refractivity contribution in [3.05, 3.63) is 59.4 Å². The van der Waals surface area contributed by atoms with Gasteiger partial charge in [0.15, 0.2) is 23.2 Å².